The number of nitrogens with one attached hydrogen (secondary N) is 3. The van der Waals surface area contributed by atoms with E-state index in [1.807, 2.05) is 0 Å². The van der Waals surface area contributed by atoms with Gasteiger partial charge in [0.15, 0.2) is 0 Å². The van der Waals surface area contributed by atoms with E-state index in [-0.39, 0.29) is 25.4 Å². The maximum Gasteiger partial charge on any atom is 0.350 e. The van der Waals surface area contributed by atoms with Crippen molar-refractivity contribution < 1.29 is 26.8 Å². The van der Waals surface area contributed by atoms with Crippen LogP contribution in [0.2, 0.25) is 0 Å². The van der Waals surface area contributed by atoms with E-state index in [1.165, 1.54) is 0 Å². The number of anilines is 1. The lowest BCUT2D eigenvalue weighted by Crippen LogP contribution is -2.37. The van der Waals surface area contributed by atoms with Crippen LogP contribution in [0.1, 0.15) is 5.56 Å². The largest absolute Gasteiger partial charge is 0.355 e. The van der Waals surface area contributed by atoms with Crippen LogP contribution in [0, 0.1) is 0 Å². The Kier molecular flexibility index (Phi) is 7.46. The lowest BCUT2D eigenvalue weighted by Gasteiger charge is -2.08. The molecule has 0 aliphatic heterocycles. The molecule has 0 heterocycles. The first-order valence-corrected chi connectivity index (χ1v) is 8.35. The number of carbonyl (C=O) groups excluding carboxylic acids is 2. The van der Waals surface area contributed by atoms with Crippen molar-refractivity contribution in [3.8, 4) is 0 Å². The number of amides is 2. The molecule has 3 N–H and O–H groups in total. The molecule has 0 unspecified atom stereocenters. The zero-order chi connectivity index (χ0) is 18.2. The van der Waals surface area contributed by atoms with Gasteiger partial charge in [0.2, 0.25) is 11.8 Å². The minimum absolute atomic E-state index is 0.0251. The van der Waals surface area contributed by atoms with Gasteiger partial charge in [0.25, 0.3) is 10.0 Å². The van der Waals surface area contributed by atoms with Crippen molar-refractivity contribution >= 4 is 27.5 Å². The first-order valence-electron chi connectivity index (χ1n) is 6.80. The summed E-state index contributed by atoms with van der Waals surface area (Å²) in [5.41, 5.74) is 1.21. The van der Waals surface area contributed by atoms with Crippen LogP contribution in [-0.4, -0.2) is 39.1 Å². The molecule has 0 bridgehead atoms. The zero-order valence-electron chi connectivity index (χ0n) is 12.6. The Balaban J connectivity index is 2.37. The summed E-state index contributed by atoms with van der Waals surface area (Å²) < 4.78 is 47.3. The van der Waals surface area contributed by atoms with Gasteiger partial charge in [0, 0.05) is 18.8 Å². The van der Waals surface area contributed by atoms with Crippen LogP contribution < -0.4 is 15.4 Å². The highest BCUT2D eigenvalue weighted by Crippen LogP contribution is 2.10. The van der Waals surface area contributed by atoms with Crippen molar-refractivity contribution in [3.63, 3.8) is 0 Å². The summed E-state index contributed by atoms with van der Waals surface area (Å²) in [6.07, 6.45) is 1.15. The average molecular weight is 361 g/mol. The Morgan fingerprint density at radius 3 is 2.33 bits per heavy atom. The predicted octanol–water partition coefficient (Wildman–Crippen LogP) is 0.612. The summed E-state index contributed by atoms with van der Waals surface area (Å²) in [4.78, 5) is 22.8. The summed E-state index contributed by atoms with van der Waals surface area (Å²) in [6, 6.07) is 6.50. The number of alkyl halides is 2. The molecule has 0 spiro atoms. The van der Waals surface area contributed by atoms with Crippen LogP contribution in [-0.2, 0) is 26.0 Å². The van der Waals surface area contributed by atoms with E-state index in [0.717, 1.165) is 6.08 Å². The number of halogens is 2. The van der Waals surface area contributed by atoms with Crippen LogP contribution in [0.5, 0.6) is 0 Å². The maximum absolute atomic E-state index is 12.1. The second-order valence-corrected chi connectivity index (χ2v) is 6.35. The van der Waals surface area contributed by atoms with Gasteiger partial charge in [-0.25, -0.2) is 13.1 Å². The van der Waals surface area contributed by atoms with Gasteiger partial charge in [-0.1, -0.05) is 18.7 Å². The van der Waals surface area contributed by atoms with Gasteiger partial charge in [0.1, 0.15) is 0 Å². The van der Waals surface area contributed by atoms with Crippen molar-refractivity contribution in [1.82, 2.24) is 10.0 Å². The van der Waals surface area contributed by atoms with Crippen LogP contribution in [0.3, 0.4) is 0 Å². The topological polar surface area (TPSA) is 104 Å². The summed E-state index contributed by atoms with van der Waals surface area (Å²) in [5, 5.41) is 4.96. The standard InChI is InChI=1S/C14H17F2N3O4S/c1-2-12(20)19-11-5-3-10(4-6-11)9-13(21)17-7-8-18-24(22,23)14(15)16/h2-6,14,18H,1,7-9H2,(H,17,21)(H,19,20). The molecule has 0 saturated heterocycles. The van der Waals surface area contributed by atoms with Crippen LogP contribution in [0.25, 0.3) is 0 Å². The van der Waals surface area contributed by atoms with Crippen molar-refractivity contribution in [2.24, 2.45) is 0 Å². The lowest BCUT2D eigenvalue weighted by molar-refractivity contribution is -0.120. The van der Waals surface area contributed by atoms with E-state index in [0.29, 0.717) is 11.3 Å². The molecule has 1 aromatic rings. The molecular formula is C14H17F2N3O4S. The molecule has 0 aliphatic rings. The second-order valence-electron chi connectivity index (χ2n) is 4.62. The predicted molar refractivity (Wildman–Crippen MR) is 84.9 cm³/mol. The Labute approximate surface area is 138 Å². The molecule has 10 heteroatoms. The summed E-state index contributed by atoms with van der Waals surface area (Å²) in [5.74, 6) is -4.26. The van der Waals surface area contributed by atoms with E-state index in [1.54, 1.807) is 29.0 Å². The van der Waals surface area contributed by atoms with E-state index < -0.39 is 21.7 Å². The van der Waals surface area contributed by atoms with E-state index in [9.17, 15) is 26.8 Å². The van der Waals surface area contributed by atoms with Gasteiger partial charge in [-0.15, -0.1) is 0 Å². The number of carbonyl (C=O) groups is 2. The van der Waals surface area contributed by atoms with Gasteiger partial charge in [0.05, 0.1) is 6.42 Å². The van der Waals surface area contributed by atoms with Gasteiger partial charge < -0.3 is 10.6 Å². The lowest BCUT2D eigenvalue weighted by atomic mass is 10.1. The third-order valence-electron chi connectivity index (χ3n) is 2.76. The Hall–Kier alpha value is -2.33. The molecular weight excluding hydrogens is 344 g/mol. The zero-order valence-corrected chi connectivity index (χ0v) is 13.4. The number of sulfonamides is 1. The van der Waals surface area contributed by atoms with Crippen molar-refractivity contribution in [3.05, 3.63) is 42.5 Å². The maximum atomic E-state index is 12.1. The quantitative estimate of drug-likeness (QED) is 0.443. The highest BCUT2D eigenvalue weighted by molar-refractivity contribution is 7.89. The first-order chi connectivity index (χ1) is 11.2. The normalized spacial score (nSPS) is 11.1. The average Bonchev–Trinajstić information content (AvgIpc) is 2.53. The Morgan fingerprint density at radius 2 is 1.79 bits per heavy atom. The van der Waals surface area contributed by atoms with Gasteiger partial charge in [-0.2, -0.15) is 8.78 Å². The molecule has 0 fully saturated rings. The molecule has 24 heavy (non-hydrogen) atoms. The number of hydrogen-bond acceptors (Lipinski definition) is 4. The highest BCUT2D eigenvalue weighted by Gasteiger charge is 2.22. The van der Waals surface area contributed by atoms with Crippen molar-refractivity contribution in [2.75, 3.05) is 18.4 Å². The fourth-order valence-corrected chi connectivity index (χ4v) is 2.12. The summed E-state index contributed by atoms with van der Waals surface area (Å²) >= 11 is 0. The molecule has 0 aliphatic carbocycles. The highest BCUT2D eigenvalue weighted by atomic mass is 32.2. The third kappa shape index (κ3) is 6.84. The SMILES string of the molecule is C=CC(=O)Nc1ccc(CC(=O)NCCNS(=O)(=O)C(F)F)cc1. The number of rotatable bonds is 9. The molecule has 1 rings (SSSR count). The van der Waals surface area contributed by atoms with E-state index in [4.69, 9.17) is 0 Å². The molecule has 1 aromatic carbocycles. The molecule has 7 nitrogen and oxygen atoms in total. The van der Waals surface area contributed by atoms with Crippen LogP contribution in [0.4, 0.5) is 14.5 Å². The van der Waals surface area contributed by atoms with Crippen LogP contribution >= 0.6 is 0 Å². The monoisotopic (exact) mass is 361 g/mol. The van der Waals surface area contributed by atoms with E-state index >= 15 is 0 Å². The fraction of sp³-hybridized carbons (Fsp3) is 0.286. The molecule has 2 amide bonds. The van der Waals surface area contributed by atoms with Crippen LogP contribution in [0.15, 0.2) is 36.9 Å². The summed E-state index contributed by atoms with van der Waals surface area (Å²) in [6.45, 7) is 2.88. The molecule has 0 radical (unpaired) electrons. The van der Waals surface area contributed by atoms with E-state index in [2.05, 4.69) is 17.2 Å². The Bertz CT molecular complexity index is 690. The summed E-state index contributed by atoms with van der Waals surface area (Å²) in [7, 11) is -4.65. The number of hydrogen-bond donors (Lipinski definition) is 3. The van der Waals surface area contributed by atoms with Gasteiger partial charge >= 0.3 is 5.76 Å². The second kappa shape index (κ2) is 9.08. The fourth-order valence-electron chi connectivity index (χ4n) is 1.61. The molecule has 0 aromatic heterocycles. The van der Waals surface area contributed by atoms with Crippen molar-refractivity contribution in [2.45, 2.75) is 12.2 Å². The van der Waals surface area contributed by atoms with Crippen molar-refractivity contribution in [1.29, 1.82) is 0 Å². The van der Waals surface area contributed by atoms with Gasteiger partial charge in [-0.05, 0) is 23.8 Å². The molecule has 132 valence electrons. The smallest absolute Gasteiger partial charge is 0.350 e. The number of benzene rings is 1. The molecule has 0 atom stereocenters. The third-order valence-corrected chi connectivity index (χ3v) is 3.83. The minimum Gasteiger partial charge on any atom is -0.355 e. The minimum atomic E-state index is -4.65. The first kappa shape index (κ1) is 19.7. The Morgan fingerprint density at radius 1 is 1.17 bits per heavy atom. The molecule has 0 saturated carbocycles. The van der Waals surface area contributed by atoms with Gasteiger partial charge in [-0.3, -0.25) is 9.59 Å².